The SMILES string of the molecule is CCOc1cccc(CCN)c1OCC(=O)OC(C)C. The number of carbonyl (C=O) groups excluding carboxylic acids is 1. The maximum Gasteiger partial charge on any atom is 0.344 e. The molecule has 1 aromatic rings. The Hall–Kier alpha value is -1.75. The van der Waals surface area contributed by atoms with E-state index in [1.807, 2.05) is 25.1 Å². The van der Waals surface area contributed by atoms with Gasteiger partial charge in [0.25, 0.3) is 0 Å². The van der Waals surface area contributed by atoms with Crippen LogP contribution in [0.15, 0.2) is 18.2 Å². The highest BCUT2D eigenvalue weighted by Gasteiger charge is 2.13. The molecule has 0 unspecified atom stereocenters. The lowest BCUT2D eigenvalue weighted by Gasteiger charge is -2.16. The van der Waals surface area contributed by atoms with Crippen LogP contribution in [-0.4, -0.2) is 31.8 Å². The van der Waals surface area contributed by atoms with Crippen molar-refractivity contribution in [1.82, 2.24) is 0 Å². The van der Waals surface area contributed by atoms with Crippen LogP contribution >= 0.6 is 0 Å². The quantitative estimate of drug-likeness (QED) is 0.737. The van der Waals surface area contributed by atoms with Crippen molar-refractivity contribution in [1.29, 1.82) is 0 Å². The third-order valence-corrected chi connectivity index (χ3v) is 2.48. The van der Waals surface area contributed by atoms with Crippen molar-refractivity contribution in [2.45, 2.75) is 33.3 Å². The predicted octanol–water partition coefficient (Wildman–Crippen LogP) is 1.92. The topological polar surface area (TPSA) is 70.8 Å². The van der Waals surface area contributed by atoms with Crippen LogP contribution in [0.3, 0.4) is 0 Å². The highest BCUT2D eigenvalue weighted by molar-refractivity contribution is 5.71. The molecule has 5 nitrogen and oxygen atoms in total. The molecule has 112 valence electrons. The second-order valence-corrected chi connectivity index (χ2v) is 4.54. The van der Waals surface area contributed by atoms with E-state index in [1.54, 1.807) is 13.8 Å². The zero-order valence-corrected chi connectivity index (χ0v) is 12.3. The van der Waals surface area contributed by atoms with Crippen LogP contribution in [0.25, 0.3) is 0 Å². The number of benzene rings is 1. The molecular weight excluding hydrogens is 258 g/mol. The number of hydrogen-bond acceptors (Lipinski definition) is 5. The van der Waals surface area contributed by atoms with E-state index in [0.29, 0.717) is 31.1 Å². The van der Waals surface area contributed by atoms with Crippen molar-refractivity contribution in [2.24, 2.45) is 5.73 Å². The monoisotopic (exact) mass is 281 g/mol. The zero-order chi connectivity index (χ0) is 15.0. The number of rotatable bonds is 8. The molecule has 1 aromatic carbocycles. The van der Waals surface area contributed by atoms with Gasteiger partial charge in [-0.25, -0.2) is 4.79 Å². The van der Waals surface area contributed by atoms with Gasteiger partial charge >= 0.3 is 5.97 Å². The van der Waals surface area contributed by atoms with Gasteiger partial charge in [-0.2, -0.15) is 0 Å². The Morgan fingerprint density at radius 2 is 2.05 bits per heavy atom. The van der Waals surface area contributed by atoms with Crippen LogP contribution < -0.4 is 15.2 Å². The highest BCUT2D eigenvalue weighted by Crippen LogP contribution is 2.31. The van der Waals surface area contributed by atoms with Crippen molar-refractivity contribution in [2.75, 3.05) is 19.8 Å². The first-order valence-corrected chi connectivity index (χ1v) is 6.85. The molecule has 0 spiro atoms. The summed E-state index contributed by atoms with van der Waals surface area (Å²) in [4.78, 5) is 11.6. The van der Waals surface area contributed by atoms with Crippen LogP contribution in [0.4, 0.5) is 0 Å². The maximum absolute atomic E-state index is 11.6. The lowest BCUT2D eigenvalue weighted by molar-refractivity contribution is -0.149. The molecule has 0 bridgehead atoms. The van der Waals surface area contributed by atoms with Crippen molar-refractivity contribution in [3.05, 3.63) is 23.8 Å². The molecule has 0 heterocycles. The first-order chi connectivity index (χ1) is 9.58. The lowest BCUT2D eigenvalue weighted by Crippen LogP contribution is -2.19. The Labute approximate surface area is 120 Å². The summed E-state index contributed by atoms with van der Waals surface area (Å²) in [6.07, 6.45) is 0.506. The molecule has 0 radical (unpaired) electrons. The van der Waals surface area contributed by atoms with Crippen molar-refractivity contribution in [3.8, 4) is 11.5 Å². The maximum atomic E-state index is 11.6. The summed E-state index contributed by atoms with van der Waals surface area (Å²) in [5.41, 5.74) is 6.51. The normalized spacial score (nSPS) is 10.4. The van der Waals surface area contributed by atoms with Crippen LogP contribution in [0.5, 0.6) is 11.5 Å². The van der Waals surface area contributed by atoms with Crippen LogP contribution in [-0.2, 0) is 16.0 Å². The summed E-state index contributed by atoms with van der Waals surface area (Å²) >= 11 is 0. The van der Waals surface area contributed by atoms with E-state index in [-0.39, 0.29) is 12.7 Å². The second kappa shape index (κ2) is 8.43. The van der Waals surface area contributed by atoms with Crippen molar-refractivity contribution >= 4 is 5.97 Å². The molecule has 0 atom stereocenters. The molecule has 0 saturated heterocycles. The third-order valence-electron chi connectivity index (χ3n) is 2.48. The minimum Gasteiger partial charge on any atom is -0.490 e. The van der Waals surface area contributed by atoms with E-state index in [9.17, 15) is 4.79 Å². The number of esters is 1. The van der Waals surface area contributed by atoms with E-state index in [1.165, 1.54) is 0 Å². The van der Waals surface area contributed by atoms with Gasteiger partial charge < -0.3 is 19.9 Å². The first kappa shape index (κ1) is 16.3. The molecule has 0 aromatic heterocycles. The Balaban J connectivity index is 2.81. The van der Waals surface area contributed by atoms with E-state index in [4.69, 9.17) is 19.9 Å². The summed E-state index contributed by atoms with van der Waals surface area (Å²) < 4.78 is 16.1. The largest absolute Gasteiger partial charge is 0.490 e. The molecule has 0 aliphatic carbocycles. The molecule has 0 amide bonds. The summed E-state index contributed by atoms with van der Waals surface area (Å²) in [6, 6.07) is 5.61. The van der Waals surface area contributed by atoms with Crippen LogP contribution in [0.2, 0.25) is 0 Å². The van der Waals surface area contributed by atoms with Gasteiger partial charge in [0.1, 0.15) is 0 Å². The first-order valence-electron chi connectivity index (χ1n) is 6.85. The third kappa shape index (κ3) is 5.09. The molecule has 2 N–H and O–H groups in total. The average Bonchev–Trinajstić information content (AvgIpc) is 2.38. The molecule has 5 heteroatoms. The number of ether oxygens (including phenoxy) is 3. The lowest BCUT2D eigenvalue weighted by atomic mass is 10.1. The highest BCUT2D eigenvalue weighted by atomic mass is 16.6. The molecule has 0 aliphatic heterocycles. The van der Waals surface area contributed by atoms with Gasteiger partial charge in [-0.3, -0.25) is 0 Å². The number of nitrogens with two attached hydrogens (primary N) is 1. The fourth-order valence-electron chi connectivity index (χ4n) is 1.77. The van der Waals surface area contributed by atoms with Gasteiger partial charge in [-0.05, 0) is 45.4 Å². The van der Waals surface area contributed by atoms with Crippen molar-refractivity contribution in [3.63, 3.8) is 0 Å². The Morgan fingerprint density at radius 3 is 2.65 bits per heavy atom. The van der Waals surface area contributed by atoms with Gasteiger partial charge in [0.05, 0.1) is 12.7 Å². The minimum atomic E-state index is -0.398. The zero-order valence-electron chi connectivity index (χ0n) is 12.3. The summed E-state index contributed by atoms with van der Waals surface area (Å²) in [7, 11) is 0. The second-order valence-electron chi connectivity index (χ2n) is 4.54. The van der Waals surface area contributed by atoms with Gasteiger partial charge in [-0.15, -0.1) is 0 Å². The fourth-order valence-corrected chi connectivity index (χ4v) is 1.77. The molecule has 1 rings (SSSR count). The molecule has 0 aliphatic rings. The fraction of sp³-hybridized carbons (Fsp3) is 0.533. The Kier molecular flexibility index (Phi) is 6.87. The van der Waals surface area contributed by atoms with Gasteiger partial charge in [-0.1, -0.05) is 12.1 Å². The van der Waals surface area contributed by atoms with Crippen LogP contribution in [0.1, 0.15) is 26.3 Å². The van der Waals surface area contributed by atoms with Crippen molar-refractivity contribution < 1.29 is 19.0 Å². The van der Waals surface area contributed by atoms with Gasteiger partial charge in [0, 0.05) is 0 Å². The number of para-hydroxylation sites is 1. The molecule has 20 heavy (non-hydrogen) atoms. The predicted molar refractivity (Wildman–Crippen MR) is 77.1 cm³/mol. The molecular formula is C15H23NO4. The minimum absolute atomic E-state index is 0.139. The van der Waals surface area contributed by atoms with E-state index in [0.717, 1.165) is 5.56 Å². The summed E-state index contributed by atoms with van der Waals surface area (Å²) in [6.45, 7) is 6.38. The molecule has 0 fully saturated rings. The number of carbonyl (C=O) groups is 1. The van der Waals surface area contributed by atoms with Gasteiger partial charge in [0.15, 0.2) is 18.1 Å². The van der Waals surface area contributed by atoms with Gasteiger partial charge in [0.2, 0.25) is 0 Å². The standard InChI is InChI=1S/C15H23NO4/c1-4-18-13-7-5-6-12(8-9-16)15(13)19-10-14(17)20-11(2)3/h5-7,11H,4,8-10,16H2,1-3H3. The van der Waals surface area contributed by atoms with E-state index >= 15 is 0 Å². The smallest absolute Gasteiger partial charge is 0.344 e. The molecule has 0 saturated carbocycles. The Bertz CT molecular complexity index is 408. The van der Waals surface area contributed by atoms with E-state index < -0.39 is 5.97 Å². The summed E-state index contributed by atoms with van der Waals surface area (Å²) in [5, 5.41) is 0. The Morgan fingerprint density at radius 1 is 1.30 bits per heavy atom. The number of hydrogen-bond donors (Lipinski definition) is 1. The van der Waals surface area contributed by atoms with E-state index in [2.05, 4.69) is 0 Å². The summed E-state index contributed by atoms with van der Waals surface area (Å²) in [5.74, 6) is 0.793. The van der Waals surface area contributed by atoms with Crippen LogP contribution in [0, 0.1) is 0 Å². The average molecular weight is 281 g/mol.